The van der Waals surface area contributed by atoms with Gasteiger partial charge in [0.15, 0.2) is 11.2 Å². The number of anilines is 1. The molecule has 144 valence electrons. The molecule has 2 aromatic carbocycles. The molecule has 2 aliphatic heterocycles. The van der Waals surface area contributed by atoms with Crippen LogP contribution in [0.2, 0.25) is 0 Å². The van der Waals surface area contributed by atoms with E-state index in [4.69, 9.17) is 0 Å². The van der Waals surface area contributed by atoms with E-state index in [0.717, 1.165) is 16.8 Å². The van der Waals surface area contributed by atoms with Crippen LogP contribution < -0.4 is 4.90 Å². The molecule has 0 saturated carbocycles. The van der Waals surface area contributed by atoms with Crippen LogP contribution in [0.3, 0.4) is 0 Å². The van der Waals surface area contributed by atoms with Crippen molar-refractivity contribution in [2.45, 2.75) is 38.8 Å². The smallest absolute Gasteiger partial charge is 0.176 e. The lowest BCUT2D eigenvalue weighted by Crippen LogP contribution is -2.47. The lowest BCUT2D eigenvalue weighted by Gasteiger charge is -2.37. The molecule has 1 saturated heterocycles. The Hall–Kier alpha value is -3.37. The minimum Gasteiger partial charge on any atom is -0.351 e. The molecule has 0 aliphatic carbocycles. The maximum absolute atomic E-state index is 13.8. The minimum atomic E-state index is -1.36. The molecule has 0 amide bonds. The van der Waals surface area contributed by atoms with Crippen molar-refractivity contribution in [3.8, 4) is 12.1 Å². The Morgan fingerprint density at radius 1 is 1.00 bits per heavy atom. The Morgan fingerprint density at radius 2 is 1.62 bits per heavy atom. The van der Waals surface area contributed by atoms with Gasteiger partial charge in [0.05, 0.1) is 24.2 Å². The topological polar surface area (TPSA) is 67.9 Å². The third kappa shape index (κ3) is 2.68. The highest BCUT2D eigenvalue weighted by atomic mass is 16.1. The summed E-state index contributed by atoms with van der Waals surface area (Å²) in [4.78, 5) is 15.8. The van der Waals surface area contributed by atoms with Gasteiger partial charge in [-0.05, 0) is 17.2 Å². The summed E-state index contributed by atoms with van der Waals surface area (Å²) >= 11 is 0. The van der Waals surface area contributed by atoms with Gasteiger partial charge in [-0.15, -0.1) is 0 Å². The zero-order valence-electron chi connectivity index (χ0n) is 16.8. The zero-order chi connectivity index (χ0) is 20.8. The quantitative estimate of drug-likeness (QED) is 0.756. The first-order valence-electron chi connectivity index (χ1n) is 9.82. The zero-order valence-corrected chi connectivity index (χ0v) is 16.8. The summed E-state index contributed by atoms with van der Waals surface area (Å²) in [6.45, 7) is 5.70. The summed E-state index contributed by atoms with van der Waals surface area (Å²) in [6.07, 6.45) is 3.88. The Balaban J connectivity index is 2.03. The van der Waals surface area contributed by atoms with Crippen molar-refractivity contribution in [2.24, 2.45) is 10.8 Å². The number of para-hydroxylation sites is 1. The van der Waals surface area contributed by atoms with Crippen LogP contribution in [0.5, 0.6) is 0 Å². The largest absolute Gasteiger partial charge is 0.351 e. The molecule has 0 unspecified atom stereocenters. The second-order valence-electron chi connectivity index (χ2n) is 8.81. The lowest BCUT2D eigenvalue weighted by molar-refractivity contribution is -0.127. The highest BCUT2D eigenvalue weighted by molar-refractivity contribution is 5.96. The van der Waals surface area contributed by atoms with Crippen LogP contribution in [-0.2, 0) is 4.79 Å². The van der Waals surface area contributed by atoms with Crippen molar-refractivity contribution >= 4 is 17.5 Å². The summed E-state index contributed by atoms with van der Waals surface area (Å²) in [5.74, 6) is -0.514. The third-order valence-electron chi connectivity index (χ3n) is 6.08. The van der Waals surface area contributed by atoms with Crippen molar-refractivity contribution in [3.05, 3.63) is 71.8 Å². The number of nitriles is 2. The third-order valence-corrected chi connectivity index (χ3v) is 6.08. The summed E-state index contributed by atoms with van der Waals surface area (Å²) in [7, 11) is 0. The molecule has 4 nitrogen and oxygen atoms in total. The van der Waals surface area contributed by atoms with Crippen LogP contribution in [0.15, 0.2) is 60.7 Å². The van der Waals surface area contributed by atoms with E-state index >= 15 is 0 Å². The number of rotatable bonds is 2. The van der Waals surface area contributed by atoms with Gasteiger partial charge in [-0.25, -0.2) is 0 Å². The number of hydrogen-bond donors (Lipinski definition) is 0. The van der Waals surface area contributed by atoms with Gasteiger partial charge in [-0.3, -0.25) is 4.79 Å². The highest BCUT2D eigenvalue weighted by Gasteiger charge is 2.64. The molecule has 29 heavy (non-hydrogen) atoms. The fourth-order valence-electron chi connectivity index (χ4n) is 4.71. The van der Waals surface area contributed by atoms with E-state index in [1.165, 1.54) is 0 Å². The monoisotopic (exact) mass is 381 g/mol. The molecular weight excluding hydrogens is 358 g/mol. The first kappa shape index (κ1) is 19.0. The fourth-order valence-corrected chi connectivity index (χ4v) is 4.71. The second-order valence-corrected chi connectivity index (χ2v) is 8.81. The van der Waals surface area contributed by atoms with E-state index in [-0.39, 0.29) is 5.78 Å². The number of carbonyl (C=O) groups excluding carboxylic acids is 1. The highest BCUT2D eigenvalue weighted by Crippen LogP contribution is 2.55. The SMILES string of the molecule is CC(C)(C)C(=O)[C@H]1[C@H](c2ccccc2)C(C#N)(C#N)[C@@H]2C=Cc3ccccc3N21. The van der Waals surface area contributed by atoms with Gasteiger partial charge in [-0.2, -0.15) is 10.5 Å². The predicted molar refractivity (Wildman–Crippen MR) is 113 cm³/mol. The normalized spacial score (nSPS) is 24.2. The average molecular weight is 381 g/mol. The lowest BCUT2D eigenvalue weighted by atomic mass is 9.68. The number of benzene rings is 2. The molecule has 3 atom stereocenters. The van der Waals surface area contributed by atoms with E-state index in [0.29, 0.717) is 0 Å². The van der Waals surface area contributed by atoms with Gasteiger partial charge in [0.25, 0.3) is 0 Å². The average Bonchev–Trinajstić information content (AvgIpc) is 3.04. The van der Waals surface area contributed by atoms with Crippen molar-refractivity contribution in [1.29, 1.82) is 10.5 Å². The van der Waals surface area contributed by atoms with Crippen molar-refractivity contribution in [3.63, 3.8) is 0 Å². The summed E-state index contributed by atoms with van der Waals surface area (Å²) < 4.78 is 0. The first-order chi connectivity index (χ1) is 13.8. The number of carbonyl (C=O) groups is 1. The van der Waals surface area contributed by atoms with Gasteiger partial charge in [0.2, 0.25) is 0 Å². The van der Waals surface area contributed by atoms with Crippen molar-refractivity contribution < 1.29 is 4.79 Å². The molecular formula is C25H23N3O. The first-order valence-corrected chi connectivity index (χ1v) is 9.82. The molecule has 2 aromatic rings. The Morgan fingerprint density at radius 3 is 2.24 bits per heavy atom. The summed E-state index contributed by atoms with van der Waals surface area (Å²) in [6, 6.07) is 21.0. The number of ketones is 1. The molecule has 4 heteroatoms. The summed E-state index contributed by atoms with van der Waals surface area (Å²) in [5, 5.41) is 20.6. The van der Waals surface area contributed by atoms with E-state index in [9.17, 15) is 15.3 Å². The van der Waals surface area contributed by atoms with Gasteiger partial charge in [0.1, 0.15) is 0 Å². The van der Waals surface area contributed by atoms with Gasteiger partial charge >= 0.3 is 0 Å². The molecule has 0 aromatic heterocycles. The van der Waals surface area contributed by atoms with E-state index in [1.807, 2.05) is 92.4 Å². The predicted octanol–water partition coefficient (Wildman–Crippen LogP) is 4.70. The van der Waals surface area contributed by atoms with Gasteiger partial charge in [0, 0.05) is 17.0 Å². The molecule has 0 spiro atoms. The van der Waals surface area contributed by atoms with Crippen molar-refractivity contribution in [2.75, 3.05) is 4.90 Å². The Bertz CT molecular complexity index is 1050. The van der Waals surface area contributed by atoms with Crippen LogP contribution in [-0.4, -0.2) is 17.9 Å². The standard InChI is InChI=1S/C25H23N3O/c1-24(2,3)23(29)22-21(18-10-5-4-6-11-18)25(15-26,16-27)20-14-13-17-9-7-8-12-19(17)28(20)22/h4-14,20-22H,1-3H3/t20-,21-,22+/m0/s1. The molecule has 2 aliphatic rings. The minimum absolute atomic E-state index is 0.0360. The van der Waals surface area contributed by atoms with Gasteiger partial charge < -0.3 is 4.90 Å². The molecule has 1 fully saturated rings. The van der Waals surface area contributed by atoms with Gasteiger partial charge in [-0.1, -0.05) is 81.5 Å². The van der Waals surface area contributed by atoms with Crippen LogP contribution in [0.4, 0.5) is 5.69 Å². The van der Waals surface area contributed by atoms with E-state index in [2.05, 4.69) is 12.1 Å². The van der Waals surface area contributed by atoms with E-state index in [1.54, 1.807) is 0 Å². The Labute approximate surface area is 171 Å². The number of nitrogens with zero attached hydrogens (tertiary/aromatic N) is 3. The molecule has 0 bridgehead atoms. The summed E-state index contributed by atoms with van der Waals surface area (Å²) in [5.41, 5.74) is 0.763. The van der Waals surface area contributed by atoms with Crippen LogP contribution >= 0.6 is 0 Å². The maximum Gasteiger partial charge on any atom is 0.176 e. The van der Waals surface area contributed by atoms with E-state index < -0.39 is 28.8 Å². The van der Waals surface area contributed by atoms with Crippen LogP contribution in [0.1, 0.15) is 37.8 Å². The number of Topliss-reactive ketones (excluding diaryl/α,β-unsaturated/α-hetero) is 1. The molecule has 0 N–H and O–H groups in total. The van der Waals surface area contributed by atoms with Crippen LogP contribution in [0.25, 0.3) is 6.08 Å². The second kappa shape index (κ2) is 6.61. The number of fused-ring (bicyclic) bond motifs is 3. The van der Waals surface area contributed by atoms with Crippen LogP contribution in [0, 0.1) is 33.5 Å². The number of hydrogen-bond acceptors (Lipinski definition) is 4. The fraction of sp³-hybridized carbons (Fsp3) is 0.320. The molecule has 4 rings (SSSR count). The molecule has 2 heterocycles. The Kier molecular flexibility index (Phi) is 4.32. The maximum atomic E-state index is 13.8. The molecule has 0 radical (unpaired) electrons. The van der Waals surface area contributed by atoms with Crippen molar-refractivity contribution in [1.82, 2.24) is 0 Å².